The minimum atomic E-state index is -1.17. The molecule has 2 N–H and O–H groups in total. The number of hydrogen-bond donors (Lipinski definition) is 2. The Bertz CT molecular complexity index is 553. The van der Waals surface area contributed by atoms with Crippen LogP contribution in [0.1, 0.15) is 10.4 Å². The Balaban J connectivity index is 2.51. The van der Waals surface area contributed by atoms with E-state index >= 15 is 0 Å². The summed E-state index contributed by atoms with van der Waals surface area (Å²) in [6.07, 6.45) is 1.15. The van der Waals surface area contributed by atoms with Crippen LogP contribution in [-0.2, 0) is 0 Å². The van der Waals surface area contributed by atoms with Crippen LogP contribution >= 0.6 is 27.3 Å². The molecule has 0 spiro atoms. The number of aromatic hydroxyl groups is 1. The number of thiophene rings is 1. The van der Waals surface area contributed by atoms with E-state index in [0.717, 1.165) is 14.9 Å². The third-order valence-electron chi connectivity index (χ3n) is 1.94. The second-order valence-electron chi connectivity index (χ2n) is 3.00. The summed E-state index contributed by atoms with van der Waals surface area (Å²) in [6.45, 7) is 0. The van der Waals surface area contributed by atoms with Gasteiger partial charge in [0.1, 0.15) is 11.3 Å². The van der Waals surface area contributed by atoms with Gasteiger partial charge in [-0.15, -0.1) is 11.3 Å². The minimum absolute atomic E-state index is 0.144. The average molecular weight is 300 g/mol. The van der Waals surface area contributed by atoms with Crippen molar-refractivity contribution in [3.8, 4) is 16.3 Å². The van der Waals surface area contributed by atoms with E-state index in [-0.39, 0.29) is 11.3 Å². The van der Waals surface area contributed by atoms with Crippen molar-refractivity contribution in [3.63, 3.8) is 0 Å². The number of carboxylic acids is 1. The summed E-state index contributed by atoms with van der Waals surface area (Å²) in [5.74, 6) is -1.50. The van der Waals surface area contributed by atoms with E-state index in [1.807, 2.05) is 12.1 Å². The zero-order valence-corrected chi connectivity index (χ0v) is 10.2. The summed E-state index contributed by atoms with van der Waals surface area (Å²) in [5, 5.41) is 18.2. The molecule has 0 bridgehead atoms. The number of halogens is 1. The zero-order chi connectivity index (χ0) is 11.7. The van der Waals surface area contributed by atoms with E-state index in [4.69, 9.17) is 5.11 Å². The van der Waals surface area contributed by atoms with Gasteiger partial charge >= 0.3 is 5.97 Å². The Morgan fingerprint density at radius 2 is 2.19 bits per heavy atom. The van der Waals surface area contributed by atoms with Crippen LogP contribution in [0.2, 0.25) is 0 Å². The molecule has 0 saturated heterocycles. The molecular formula is C10H6BrNO3S. The molecule has 16 heavy (non-hydrogen) atoms. The predicted molar refractivity (Wildman–Crippen MR) is 63.9 cm³/mol. The van der Waals surface area contributed by atoms with E-state index in [1.165, 1.54) is 17.4 Å². The highest BCUT2D eigenvalue weighted by Crippen LogP contribution is 2.31. The van der Waals surface area contributed by atoms with Crippen LogP contribution < -0.4 is 0 Å². The van der Waals surface area contributed by atoms with Crippen molar-refractivity contribution in [2.75, 3.05) is 0 Å². The topological polar surface area (TPSA) is 70.4 Å². The van der Waals surface area contributed by atoms with Crippen molar-refractivity contribution in [1.29, 1.82) is 0 Å². The Hall–Kier alpha value is -1.40. The summed E-state index contributed by atoms with van der Waals surface area (Å²) in [4.78, 5) is 15.6. The number of carboxylic acid groups (broad SMARTS) is 1. The van der Waals surface area contributed by atoms with Gasteiger partial charge in [-0.2, -0.15) is 0 Å². The molecule has 0 atom stereocenters. The Morgan fingerprint density at radius 1 is 1.44 bits per heavy atom. The lowest BCUT2D eigenvalue weighted by molar-refractivity contribution is 0.0693. The largest absolute Gasteiger partial charge is 0.505 e. The molecule has 2 aromatic heterocycles. The van der Waals surface area contributed by atoms with Crippen LogP contribution in [0.4, 0.5) is 0 Å². The van der Waals surface area contributed by atoms with Crippen LogP contribution in [-0.4, -0.2) is 21.2 Å². The monoisotopic (exact) mass is 299 g/mol. The van der Waals surface area contributed by atoms with Crippen LogP contribution in [0, 0.1) is 0 Å². The van der Waals surface area contributed by atoms with Gasteiger partial charge in [-0.05, 0) is 34.1 Å². The molecule has 6 heteroatoms. The minimum Gasteiger partial charge on any atom is -0.505 e. The highest BCUT2D eigenvalue weighted by atomic mass is 79.9. The molecule has 82 valence electrons. The maximum absolute atomic E-state index is 10.8. The van der Waals surface area contributed by atoms with Gasteiger partial charge in [0.2, 0.25) is 0 Å². The van der Waals surface area contributed by atoms with Gasteiger partial charge in [0.15, 0.2) is 0 Å². The fourth-order valence-electron chi connectivity index (χ4n) is 1.21. The first-order chi connectivity index (χ1) is 7.58. The van der Waals surface area contributed by atoms with Crippen LogP contribution in [0.3, 0.4) is 0 Å². The van der Waals surface area contributed by atoms with Gasteiger partial charge in [-0.25, -0.2) is 4.79 Å². The van der Waals surface area contributed by atoms with Crippen LogP contribution in [0.25, 0.3) is 10.6 Å². The maximum atomic E-state index is 10.8. The molecule has 0 aliphatic heterocycles. The summed E-state index contributed by atoms with van der Waals surface area (Å²) >= 11 is 4.76. The number of nitrogens with zero attached hydrogens (tertiary/aromatic N) is 1. The van der Waals surface area contributed by atoms with E-state index in [1.54, 1.807) is 0 Å². The highest BCUT2D eigenvalue weighted by Gasteiger charge is 2.12. The first-order valence-corrected chi connectivity index (χ1v) is 5.87. The first kappa shape index (κ1) is 11.1. The molecule has 0 saturated carbocycles. The number of hydrogen-bond acceptors (Lipinski definition) is 4. The molecule has 0 unspecified atom stereocenters. The van der Waals surface area contributed by atoms with Crippen molar-refractivity contribution in [3.05, 3.63) is 33.7 Å². The molecule has 0 amide bonds. The zero-order valence-electron chi connectivity index (χ0n) is 7.85. The third kappa shape index (κ3) is 2.07. The van der Waals surface area contributed by atoms with Crippen molar-refractivity contribution >= 4 is 33.2 Å². The number of rotatable bonds is 2. The number of aromatic carboxylic acids is 1. The fourth-order valence-corrected chi connectivity index (χ4v) is 2.56. The van der Waals surface area contributed by atoms with Gasteiger partial charge in [-0.3, -0.25) is 4.98 Å². The quantitative estimate of drug-likeness (QED) is 0.894. The van der Waals surface area contributed by atoms with Crippen molar-refractivity contribution in [2.45, 2.75) is 0 Å². The molecular weight excluding hydrogens is 294 g/mol. The molecule has 0 aliphatic carbocycles. The first-order valence-electron chi connectivity index (χ1n) is 4.26. The fraction of sp³-hybridized carbons (Fsp3) is 0. The molecule has 2 aromatic rings. The van der Waals surface area contributed by atoms with Gasteiger partial charge in [0.05, 0.1) is 20.6 Å². The Kier molecular flexibility index (Phi) is 2.93. The molecule has 2 rings (SSSR count). The van der Waals surface area contributed by atoms with Crippen LogP contribution in [0.15, 0.2) is 28.2 Å². The SMILES string of the molecule is O=C(O)c1cc(-c2ccc(Br)s2)ncc1O. The molecule has 0 fully saturated rings. The second-order valence-corrected chi connectivity index (χ2v) is 5.46. The molecule has 0 radical (unpaired) electrons. The van der Waals surface area contributed by atoms with Gasteiger partial charge in [0.25, 0.3) is 0 Å². The van der Waals surface area contributed by atoms with E-state index in [2.05, 4.69) is 20.9 Å². The second kappa shape index (κ2) is 4.23. The summed E-state index contributed by atoms with van der Waals surface area (Å²) in [6, 6.07) is 5.05. The van der Waals surface area contributed by atoms with E-state index < -0.39 is 5.97 Å². The van der Waals surface area contributed by atoms with Gasteiger partial charge in [-0.1, -0.05) is 0 Å². The summed E-state index contributed by atoms with van der Waals surface area (Å²) in [7, 11) is 0. The lowest BCUT2D eigenvalue weighted by atomic mass is 10.2. The summed E-state index contributed by atoms with van der Waals surface area (Å²) in [5.41, 5.74) is 0.389. The smallest absolute Gasteiger partial charge is 0.339 e. The van der Waals surface area contributed by atoms with Crippen molar-refractivity contribution < 1.29 is 15.0 Å². The number of aromatic nitrogens is 1. The molecule has 0 aromatic carbocycles. The normalized spacial score (nSPS) is 10.3. The van der Waals surface area contributed by atoms with Crippen LogP contribution in [0.5, 0.6) is 5.75 Å². The van der Waals surface area contributed by atoms with Crippen molar-refractivity contribution in [2.24, 2.45) is 0 Å². The van der Waals surface area contributed by atoms with Gasteiger partial charge in [0, 0.05) is 0 Å². The highest BCUT2D eigenvalue weighted by molar-refractivity contribution is 9.11. The Labute approximate surface area is 103 Å². The van der Waals surface area contributed by atoms with Gasteiger partial charge < -0.3 is 10.2 Å². The summed E-state index contributed by atoms with van der Waals surface area (Å²) < 4.78 is 0.939. The van der Waals surface area contributed by atoms with E-state index in [0.29, 0.717) is 5.69 Å². The number of carbonyl (C=O) groups is 1. The predicted octanol–water partition coefficient (Wildman–Crippen LogP) is 2.98. The third-order valence-corrected chi connectivity index (χ3v) is 3.59. The molecule has 4 nitrogen and oxygen atoms in total. The lowest BCUT2D eigenvalue weighted by Crippen LogP contribution is -1.98. The van der Waals surface area contributed by atoms with Crippen molar-refractivity contribution in [1.82, 2.24) is 4.98 Å². The number of pyridine rings is 1. The molecule has 2 heterocycles. The molecule has 0 aliphatic rings. The standard InChI is InChI=1S/C10H6BrNO3S/c11-9-2-1-8(16-9)6-3-5(10(14)15)7(13)4-12-6/h1-4,13H,(H,14,15). The average Bonchev–Trinajstić information content (AvgIpc) is 2.65. The maximum Gasteiger partial charge on any atom is 0.339 e. The Morgan fingerprint density at radius 3 is 2.75 bits per heavy atom. The lowest BCUT2D eigenvalue weighted by Gasteiger charge is -2.01. The van der Waals surface area contributed by atoms with E-state index in [9.17, 15) is 9.90 Å².